The van der Waals surface area contributed by atoms with Gasteiger partial charge in [0.1, 0.15) is 17.6 Å². The number of anilines is 1. The molecule has 26 heavy (non-hydrogen) atoms. The Kier molecular flexibility index (Phi) is 6.25. The Hall–Kier alpha value is -1.52. The highest BCUT2D eigenvalue weighted by atomic mass is 32.2. The zero-order valence-electron chi connectivity index (χ0n) is 15.1. The van der Waals surface area contributed by atoms with E-state index in [1.807, 2.05) is 0 Å². The number of sulfonamides is 1. The van der Waals surface area contributed by atoms with Crippen molar-refractivity contribution in [2.45, 2.75) is 10.9 Å². The highest BCUT2D eigenvalue weighted by molar-refractivity contribution is 7.89. The third kappa shape index (κ3) is 4.41. The van der Waals surface area contributed by atoms with Gasteiger partial charge in [-0.3, -0.25) is 5.32 Å². The summed E-state index contributed by atoms with van der Waals surface area (Å²) in [6.07, 6.45) is 1.55. The molecule has 3 N–H and O–H groups in total. The maximum atomic E-state index is 12.6. The normalized spacial score (nSPS) is 17.3. The zero-order valence-corrected chi connectivity index (χ0v) is 16.7. The highest BCUT2D eigenvalue weighted by Crippen LogP contribution is 2.18. The number of hydrogen-bond donors (Lipinski definition) is 2. The standard InChI is InChI=1S/C17H24N4O3S2/c1-20(2)15(16-4-3-11-25-16)13-19-17-6-5-14(12-18-17)26(22,23)21-7-9-24-10-8-21/h3-6,11-12,15H,7-10,13H2,1-2H3,(H,18,19)/p+2/t15-/m0/s1. The molecule has 9 heteroatoms. The minimum Gasteiger partial charge on any atom is -0.379 e. The fourth-order valence-corrected chi connectivity index (χ4v) is 5.24. The van der Waals surface area contributed by atoms with E-state index in [1.54, 1.807) is 29.7 Å². The number of nitrogens with zero attached hydrogens (tertiary/aromatic N) is 1. The number of morpholine rings is 1. The van der Waals surface area contributed by atoms with Crippen molar-refractivity contribution in [1.82, 2.24) is 4.31 Å². The van der Waals surface area contributed by atoms with Crippen molar-refractivity contribution in [3.8, 4) is 0 Å². The van der Waals surface area contributed by atoms with Crippen molar-refractivity contribution < 1.29 is 23.0 Å². The van der Waals surface area contributed by atoms with Gasteiger partial charge in [0.2, 0.25) is 10.0 Å². The maximum absolute atomic E-state index is 12.6. The van der Waals surface area contributed by atoms with E-state index in [0.717, 1.165) is 12.4 Å². The van der Waals surface area contributed by atoms with Crippen molar-refractivity contribution >= 4 is 27.2 Å². The first kappa shape index (κ1) is 19.2. The monoisotopic (exact) mass is 398 g/mol. The van der Waals surface area contributed by atoms with Crippen molar-refractivity contribution in [2.75, 3.05) is 52.3 Å². The number of pyridine rings is 1. The molecule has 1 aliphatic heterocycles. The second-order valence-electron chi connectivity index (χ2n) is 6.48. The Morgan fingerprint density at radius 1 is 1.31 bits per heavy atom. The molecule has 2 aromatic heterocycles. The van der Waals surface area contributed by atoms with Crippen LogP contribution in [0.4, 0.5) is 5.82 Å². The van der Waals surface area contributed by atoms with Gasteiger partial charge >= 0.3 is 0 Å². The van der Waals surface area contributed by atoms with Gasteiger partial charge < -0.3 is 9.64 Å². The number of likely N-dealkylation sites (N-methyl/N-ethyl adjacent to an activating group) is 1. The number of H-pyrrole nitrogens is 1. The second-order valence-corrected chi connectivity index (χ2v) is 9.40. The van der Waals surface area contributed by atoms with Gasteiger partial charge in [-0.05, 0) is 17.5 Å². The summed E-state index contributed by atoms with van der Waals surface area (Å²) >= 11 is 1.75. The Labute approximate surface area is 158 Å². The van der Waals surface area contributed by atoms with Crippen molar-refractivity contribution in [2.24, 2.45) is 0 Å². The van der Waals surface area contributed by atoms with Crippen molar-refractivity contribution in [3.05, 3.63) is 40.7 Å². The lowest BCUT2D eigenvalue weighted by Gasteiger charge is -2.25. The fourth-order valence-electron chi connectivity index (χ4n) is 2.91. The summed E-state index contributed by atoms with van der Waals surface area (Å²) in [6.45, 7) is 2.45. The predicted octanol–water partition coefficient (Wildman–Crippen LogP) is -0.119. The Bertz CT molecular complexity index is 786. The molecule has 0 aliphatic carbocycles. The molecule has 142 valence electrons. The van der Waals surface area contributed by atoms with Crippen LogP contribution in [0.3, 0.4) is 0 Å². The smallest absolute Gasteiger partial charge is 0.272 e. The summed E-state index contributed by atoms with van der Waals surface area (Å²) in [7, 11) is 0.798. The predicted molar refractivity (Wildman–Crippen MR) is 101 cm³/mol. The lowest BCUT2D eigenvalue weighted by molar-refractivity contribution is -0.889. The number of rotatable bonds is 7. The molecule has 0 spiro atoms. The molecule has 0 aromatic carbocycles. The number of quaternary nitrogens is 1. The summed E-state index contributed by atoms with van der Waals surface area (Å²) < 4.78 is 32.0. The van der Waals surface area contributed by atoms with E-state index < -0.39 is 10.0 Å². The van der Waals surface area contributed by atoms with E-state index in [1.165, 1.54) is 14.1 Å². The van der Waals surface area contributed by atoms with Crippen LogP contribution in [0.2, 0.25) is 0 Å². The summed E-state index contributed by atoms with van der Waals surface area (Å²) in [5.74, 6) is 0.800. The molecule has 2 aromatic rings. The van der Waals surface area contributed by atoms with Crippen LogP contribution < -0.4 is 15.2 Å². The molecule has 1 fully saturated rings. The number of aromatic amines is 1. The van der Waals surface area contributed by atoms with Gasteiger partial charge in [0, 0.05) is 19.2 Å². The molecule has 3 rings (SSSR count). The quantitative estimate of drug-likeness (QED) is 0.682. The van der Waals surface area contributed by atoms with Crippen LogP contribution in [-0.4, -0.2) is 59.7 Å². The largest absolute Gasteiger partial charge is 0.379 e. The number of ether oxygens (including phenoxy) is 1. The molecule has 7 nitrogen and oxygen atoms in total. The van der Waals surface area contributed by atoms with Crippen LogP contribution in [-0.2, 0) is 14.8 Å². The van der Waals surface area contributed by atoms with Gasteiger partial charge in [-0.1, -0.05) is 6.07 Å². The summed E-state index contributed by atoms with van der Waals surface area (Å²) in [4.78, 5) is 6.01. The molecule has 1 aliphatic rings. The maximum Gasteiger partial charge on any atom is 0.272 e. The zero-order chi connectivity index (χ0) is 18.6. The average molecular weight is 399 g/mol. The van der Waals surface area contributed by atoms with Gasteiger partial charge in [-0.2, -0.15) is 4.31 Å². The highest BCUT2D eigenvalue weighted by Gasteiger charge is 2.27. The Morgan fingerprint density at radius 2 is 2.08 bits per heavy atom. The lowest BCUT2D eigenvalue weighted by Crippen LogP contribution is -3.06. The summed E-state index contributed by atoms with van der Waals surface area (Å²) in [6, 6.07) is 7.97. The van der Waals surface area contributed by atoms with Crippen LogP contribution >= 0.6 is 11.3 Å². The van der Waals surface area contributed by atoms with Gasteiger partial charge in [0.05, 0.1) is 32.2 Å². The van der Waals surface area contributed by atoms with Gasteiger partial charge in [0.15, 0.2) is 6.04 Å². The molecule has 0 amide bonds. The number of nitrogens with one attached hydrogen (secondary N) is 3. The third-order valence-electron chi connectivity index (χ3n) is 4.47. The van der Waals surface area contributed by atoms with E-state index in [2.05, 4.69) is 41.9 Å². The minimum atomic E-state index is -3.47. The van der Waals surface area contributed by atoms with E-state index in [-0.39, 0.29) is 4.90 Å². The number of hydrogen-bond acceptors (Lipinski definition) is 5. The van der Waals surface area contributed by atoms with E-state index >= 15 is 0 Å². The molecule has 1 saturated heterocycles. The minimum absolute atomic E-state index is 0.276. The topological polar surface area (TPSA) is 77.2 Å². The van der Waals surface area contributed by atoms with Crippen molar-refractivity contribution in [3.63, 3.8) is 0 Å². The Balaban J connectivity index is 1.66. The molecule has 0 saturated carbocycles. The first-order chi connectivity index (χ1) is 12.5. The van der Waals surface area contributed by atoms with Crippen LogP contribution in [0.5, 0.6) is 0 Å². The second kappa shape index (κ2) is 8.45. The van der Waals surface area contributed by atoms with Crippen LogP contribution in [0, 0.1) is 0 Å². The number of thiophene rings is 1. The van der Waals surface area contributed by atoms with E-state index in [9.17, 15) is 8.42 Å². The molecule has 3 heterocycles. The van der Waals surface area contributed by atoms with Crippen molar-refractivity contribution in [1.29, 1.82) is 0 Å². The van der Waals surface area contributed by atoms with Gasteiger partial charge in [0.25, 0.3) is 5.82 Å². The molecule has 0 unspecified atom stereocenters. The molecular weight excluding hydrogens is 372 g/mol. The van der Waals surface area contributed by atoms with Crippen LogP contribution in [0.1, 0.15) is 10.9 Å². The summed E-state index contributed by atoms with van der Waals surface area (Å²) in [5.41, 5.74) is 0. The number of aromatic nitrogens is 1. The Morgan fingerprint density at radius 3 is 2.65 bits per heavy atom. The van der Waals surface area contributed by atoms with E-state index in [0.29, 0.717) is 32.3 Å². The summed E-state index contributed by atoms with van der Waals surface area (Å²) in [5, 5.41) is 5.46. The third-order valence-corrected chi connectivity index (χ3v) is 7.35. The first-order valence-electron chi connectivity index (χ1n) is 8.65. The SMILES string of the molecule is C[NH+](C)[C@@H](CNc1ccc(S(=O)(=O)N2CCOCC2)c[nH+]1)c1cccs1. The molecule has 0 bridgehead atoms. The van der Waals surface area contributed by atoms with Gasteiger partial charge in [-0.25, -0.2) is 13.4 Å². The molecule has 1 atom stereocenters. The molecular formula is C17H26N4O3S2+2. The van der Waals surface area contributed by atoms with E-state index in [4.69, 9.17) is 4.74 Å². The average Bonchev–Trinajstić information content (AvgIpc) is 3.17. The first-order valence-corrected chi connectivity index (χ1v) is 11.0. The molecule has 0 radical (unpaired) electrons. The fraction of sp³-hybridized carbons (Fsp3) is 0.471. The lowest BCUT2D eigenvalue weighted by atomic mass is 10.2. The van der Waals surface area contributed by atoms with Crippen LogP contribution in [0.25, 0.3) is 0 Å². The van der Waals surface area contributed by atoms with Gasteiger partial charge in [-0.15, -0.1) is 11.3 Å². The van der Waals surface area contributed by atoms with Crippen LogP contribution in [0.15, 0.2) is 40.7 Å².